The van der Waals surface area contributed by atoms with Crippen molar-refractivity contribution in [2.75, 3.05) is 0 Å². The van der Waals surface area contributed by atoms with Gasteiger partial charge in [0.05, 0.1) is 0 Å². The van der Waals surface area contributed by atoms with E-state index in [1.54, 1.807) is 11.3 Å². The normalized spacial score (nSPS) is 10.0. The summed E-state index contributed by atoms with van der Waals surface area (Å²) < 4.78 is 0. The second-order valence-corrected chi connectivity index (χ2v) is 3.10. The van der Waals surface area contributed by atoms with E-state index in [2.05, 4.69) is 41.8 Å². The smallest absolute Gasteiger partial charge is 0.0195 e. The summed E-state index contributed by atoms with van der Waals surface area (Å²) in [6.07, 6.45) is 0. The topological polar surface area (TPSA) is 0 Å². The summed E-state index contributed by atoms with van der Waals surface area (Å²) in [5.74, 6) is 0. The highest BCUT2D eigenvalue weighted by atomic mass is 32.1. The van der Waals surface area contributed by atoms with Crippen molar-refractivity contribution in [2.24, 2.45) is 0 Å². The van der Waals surface area contributed by atoms with Crippen LogP contribution in [0, 0.1) is 0 Å². The number of hydrogen-bond acceptors (Lipinski definition) is 1. The number of hydrogen-bond donors (Lipinski definition) is 0. The molecule has 0 amide bonds. The summed E-state index contributed by atoms with van der Waals surface area (Å²) in [5.41, 5.74) is 1.33. The monoisotopic (exact) mass is 147 g/mol. The van der Waals surface area contributed by atoms with Crippen LogP contribution in [0.4, 0.5) is 0 Å². The second-order valence-electron chi connectivity index (χ2n) is 2.15. The van der Waals surface area contributed by atoms with E-state index in [1.165, 1.54) is 10.4 Å². The zero-order valence-electron chi connectivity index (χ0n) is 5.45. The lowest BCUT2D eigenvalue weighted by Gasteiger charge is -1.94. The average molecular weight is 147 g/mol. The van der Waals surface area contributed by atoms with E-state index in [4.69, 9.17) is 0 Å². The van der Waals surface area contributed by atoms with E-state index in [0.717, 1.165) is 0 Å². The highest BCUT2D eigenvalue weighted by Gasteiger charge is 1.87. The second kappa shape index (κ2) is 2.35. The summed E-state index contributed by atoms with van der Waals surface area (Å²) in [6, 6.07) is 12.6. The van der Waals surface area contributed by atoms with E-state index in [-0.39, 0.29) is 0 Å². The first-order chi connectivity index (χ1) is 4.97. The zero-order valence-corrected chi connectivity index (χ0v) is 6.27. The van der Waals surface area contributed by atoms with Crippen LogP contribution in [0.25, 0.3) is 10.4 Å². The quantitative estimate of drug-likeness (QED) is 0.543. The fraction of sp³-hybridized carbons (Fsp3) is 0. The first kappa shape index (κ1) is 5.81. The van der Waals surface area contributed by atoms with Gasteiger partial charge in [0.1, 0.15) is 0 Å². The Balaban J connectivity index is 2.48. The summed E-state index contributed by atoms with van der Waals surface area (Å²) in [5, 5.41) is 2.10. The molecule has 0 saturated carbocycles. The first-order valence-electron chi connectivity index (χ1n) is 3.22. The molecule has 1 aromatic carbocycles. The summed E-state index contributed by atoms with van der Waals surface area (Å²) in [6.45, 7) is 0. The fourth-order valence-corrected chi connectivity index (χ4v) is 1.71. The lowest BCUT2D eigenvalue weighted by Crippen LogP contribution is -1.58. The fourth-order valence-electron chi connectivity index (χ4n) is 0.981. The molecule has 1 aromatic heterocycles. The molecule has 0 radical (unpaired) electrons. The maximum absolute atomic E-state index is 2.14. The van der Waals surface area contributed by atoms with Crippen molar-refractivity contribution in [3.63, 3.8) is 0 Å². The van der Waals surface area contributed by atoms with E-state index in [0.29, 0.717) is 0 Å². The molecule has 2 rings (SSSR count). The summed E-state index contributed by atoms with van der Waals surface area (Å²) in [4.78, 5) is 1.35. The van der Waals surface area contributed by atoms with Crippen LogP contribution in [-0.2, 0) is 0 Å². The SMILES string of the molecule is c1csc(-[c-]2cccc2)c1. The van der Waals surface area contributed by atoms with Gasteiger partial charge in [0.15, 0.2) is 0 Å². The van der Waals surface area contributed by atoms with Crippen LogP contribution in [0.15, 0.2) is 41.8 Å². The molecule has 2 aromatic rings. The Morgan fingerprint density at radius 3 is 2.50 bits per heavy atom. The van der Waals surface area contributed by atoms with Gasteiger partial charge in [-0.2, -0.15) is 23.5 Å². The number of rotatable bonds is 1. The van der Waals surface area contributed by atoms with Crippen LogP contribution in [0.2, 0.25) is 0 Å². The maximum atomic E-state index is 2.14. The first-order valence-corrected chi connectivity index (χ1v) is 4.10. The lowest BCUT2D eigenvalue weighted by molar-refractivity contribution is 1.89. The van der Waals surface area contributed by atoms with Crippen LogP contribution in [0.5, 0.6) is 0 Å². The molecule has 0 fully saturated rings. The minimum Gasteiger partial charge on any atom is -0.174 e. The minimum absolute atomic E-state index is 1.33. The number of thiophene rings is 1. The van der Waals surface area contributed by atoms with E-state index < -0.39 is 0 Å². The highest BCUT2D eigenvalue weighted by molar-refractivity contribution is 7.13. The molecular formula is C9H7S-. The molecule has 0 atom stereocenters. The van der Waals surface area contributed by atoms with Crippen molar-refractivity contribution < 1.29 is 0 Å². The Hall–Kier alpha value is -0.950. The van der Waals surface area contributed by atoms with Gasteiger partial charge in [-0.15, -0.1) is 23.8 Å². The van der Waals surface area contributed by atoms with Gasteiger partial charge in [-0.3, -0.25) is 0 Å². The standard InChI is InChI=1S/C9H7S/c1-2-5-8(4-1)9-6-3-7-10-9/h1-7H/q-1. The zero-order chi connectivity index (χ0) is 6.81. The molecule has 1 heterocycles. The van der Waals surface area contributed by atoms with Crippen molar-refractivity contribution in [1.29, 1.82) is 0 Å². The van der Waals surface area contributed by atoms with Crippen LogP contribution < -0.4 is 0 Å². The molecule has 0 aliphatic rings. The molecule has 0 spiro atoms. The predicted molar refractivity (Wildman–Crippen MR) is 45.3 cm³/mol. The molecule has 50 valence electrons. The van der Waals surface area contributed by atoms with Gasteiger partial charge in [-0.1, -0.05) is 6.07 Å². The Morgan fingerprint density at radius 2 is 1.90 bits per heavy atom. The third-order valence-electron chi connectivity index (χ3n) is 1.47. The van der Waals surface area contributed by atoms with Crippen molar-refractivity contribution in [2.45, 2.75) is 0 Å². The molecule has 0 bridgehead atoms. The van der Waals surface area contributed by atoms with Crippen LogP contribution in [-0.4, -0.2) is 0 Å². The largest absolute Gasteiger partial charge is 0.174 e. The Morgan fingerprint density at radius 1 is 1.10 bits per heavy atom. The molecule has 0 saturated heterocycles. The van der Waals surface area contributed by atoms with Crippen LogP contribution in [0.1, 0.15) is 0 Å². The average Bonchev–Trinajstić information content (AvgIpc) is 2.59. The maximum Gasteiger partial charge on any atom is -0.0195 e. The van der Waals surface area contributed by atoms with Crippen molar-refractivity contribution in [3.05, 3.63) is 41.8 Å². The highest BCUT2D eigenvalue weighted by Crippen LogP contribution is 2.24. The predicted octanol–water partition coefficient (Wildman–Crippen LogP) is 3.13. The van der Waals surface area contributed by atoms with E-state index in [9.17, 15) is 0 Å². The van der Waals surface area contributed by atoms with Crippen molar-refractivity contribution in [1.82, 2.24) is 0 Å². The van der Waals surface area contributed by atoms with Gasteiger partial charge in [0.2, 0.25) is 0 Å². The van der Waals surface area contributed by atoms with Gasteiger partial charge in [-0.25, -0.2) is 0 Å². The third-order valence-corrected chi connectivity index (χ3v) is 2.39. The molecule has 0 nitrogen and oxygen atoms in total. The molecule has 10 heavy (non-hydrogen) atoms. The Bertz CT molecular complexity index is 244. The van der Waals surface area contributed by atoms with E-state index in [1.807, 2.05) is 0 Å². The van der Waals surface area contributed by atoms with E-state index >= 15 is 0 Å². The van der Waals surface area contributed by atoms with Gasteiger partial charge < -0.3 is 0 Å². The summed E-state index contributed by atoms with van der Waals surface area (Å²) in [7, 11) is 0. The third kappa shape index (κ3) is 0.888. The van der Waals surface area contributed by atoms with Crippen molar-refractivity contribution in [3.8, 4) is 10.4 Å². The van der Waals surface area contributed by atoms with Gasteiger partial charge in [0.25, 0.3) is 0 Å². The Labute approximate surface area is 64.1 Å². The Kier molecular flexibility index (Phi) is 1.36. The lowest BCUT2D eigenvalue weighted by atomic mass is 10.3. The van der Waals surface area contributed by atoms with Crippen molar-refractivity contribution >= 4 is 11.3 Å². The minimum atomic E-state index is 1.33. The molecule has 1 heteroatoms. The molecular weight excluding hydrogens is 140 g/mol. The van der Waals surface area contributed by atoms with Gasteiger partial charge >= 0.3 is 0 Å². The molecule has 0 unspecified atom stereocenters. The van der Waals surface area contributed by atoms with Gasteiger partial charge in [-0.05, 0) is 10.3 Å². The van der Waals surface area contributed by atoms with Crippen LogP contribution >= 0.6 is 11.3 Å². The van der Waals surface area contributed by atoms with Gasteiger partial charge in [0, 0.05) is 0 Å². The van der Waals surface area contributed by atoms with Crippen LogP contribution in [0.3, 0.4) is 0 Å². The molecule has 0 N–H and O–H groups in total. The summed E-state index contributed by atoms with van der Waals surface area (Å²) >= 11 is 1.78. The molecule has 0 aliphatic heterocycles. The molecule has 0 aliphatic carbocycles.